The molecule has 0 unspecified atom stereocenters. The first kappa shape index (κ1) is 21.9. The average Bonchev–Trinajstić information content (AvgIpc) is 3.19. The number of aromatic nitrogens is 1. The van der Waals surface area contributed by atoms with Gasteiger partial charge in [-0.3, -0.25) is 29.8 Å². The summed E-state index contributed by atoms with van der Waals surface area (Å²) in [4.78, 5) is 50.9. The molecule has 0 spiro atoms. The summed E-state index contributed by atoms with van der Waals surface area (Å²) in [6.45, 7) is 1.90. The lowest BCUT2D eigenvalue weighted by Crippen LogP contribution is -2.38. The van der Waals surface area contributed by atoms with Crippen molar-refractivity contribution in [3.63, 3.8) is 0 Å². The zero-order valence-electron chi connectivity index (χ0n) is 15.6. The van der Waals surface area contributed by atoms with Crippen LogP contribution in [0.25, 0.3) is 0 Å². The maximum absolute atomic E-state index is 12.9. The molecule has 29 heavy (non-hydrogen) atoms. The Bertz CT molecular complexity index is 869. The van der Waals surface area contributed by atoms with Gasteiger partial charge >= 0.3 is 0 Å². The lowest BCUT2D eigenvalue weighted by atomic mass is 10.1. The van der Waals surface area contributed by atoms with Crippen LogP contribution in [0.5, 0.6) is 0 Å². The minimum absolute atomic E-state index is 0.218. The monoisotopic (exact) mass is 421 g/mol. The number of carbonyl (C=O) groups excluding carboxylic acids is 2. The maximum Gasteiger partial charge on any atom is 0.277 e. The first-order chi connectivity index (χ1) is 13.8. The highest BCUT2D eigenvalue weighted by molar-refractivity contribution is 7.13. The summed E-state index contributed by atoms with van der Waals surface area (Å²) in [5.74, 6) is -1.17. The Morgan fingerprint density at radius 1 is 1.14 bits per heavy atom. The average molecular weight is 421 g/mol. The normalized spacial score (nSPS) is 10.4. The second-order valence-corrected chi connectivity index (χ2v) is 6.97. The highest BCUT2D eigenvalue weighted by Gasteiger charge is 2.24. The molecule has 2 aromatic rings. The van der Waals surface area contributed by atoms with Crippen LogP contribution in [-0.2, 0) is 4.79 Å². The molecule has 1 aromatic carbocycles. The van der Waals surface area contributed by atoms with Crippen molar-refractivity contribution < 1.29 is 19.4 Å². The van der Waals surface area contributed by atoms with Gasteiger partial charge in [-0.15, -0.1) is 11.3 Å². The van der Waals surface area contributed by atoms with E-state index in [1.807, 2.05) is 6.92 Å². The first-order valence-electron chi connectivity index (χ1n) is 8.74. The summed E-state index contributed by atoms with van der Waals surface area (Å²) in [6.07, 6.45) is 3.83. The Morgan fingerprint density at radius 2 is 1.79 bits per heavy atom. The maximum atomic E-state index is 12.9. The number of benzene rings is 1. The number of hydrogen-bond acceptors (Lipinski definition) is 8. The van der Waals surface area contributed by atoms with E-state index < -0.39 is 33.0 Å². The predicted octanol–water partition coefficient (Wildman–Crippen LogP) is 3.23. The van der Waals surface area contributed by atoms with Crippen molar-refractivity contribution in [3.05, 3.63) is 55.6 Å². The number of nitrogens with one attached hydrogen (secondary N) is 1. The van der Waals surface area contributed by atoms with Gasteiger partial charge in [0.05, 0.1) is 21.5 Å². The van der Waals surface area contributed by atoms with Crippen molar-refractivity contribution >= 4 is 39.7 Å². The van der Waals surface area contributed by atoms with Gasteiger partial charge in [0.2, 0.25) is 5.91 Å². The van der Waals surface area contributed by atoms with Crippen molar-refractivity contribution in [1.29, 1.82) is 0 Å². The quantitative estimate of drug-likeness (QED) is 0.351. The van der Waals surface area contributed by atoms with Gasteiger partial charge in [0.25, 0.3) is 17.3 Å². The largest absolute Gasteiger partial charge is 0.329 e. The third-order valence-corrected chi connectivity index (χ3v) is 4.59. The van der Waals surface area contributed by atoms with E-state index in [4.69, 9.17) is 0 Å². The van der Waals surface area contributed by atoms with E-state index in [1.165, 1.54) is 22.4 Å². The number of amides is 2. The van der Waals surface area contributed by atoms with Crippen molar-refractivity contribution in [3.8, 4) is 0 Å². The van der Waals surface area contributed by atoms with Crippen LogP contribution in [0.3, 0.4) is 0 Å². The Kier molecular flexibility index (Phi) is 7.71. The van der Waals surface area contributed by atoms with Gasteiger partial charge in [-0.1, -0.05) is 19.8 Å². The van der Waals surface area contributed by atoms with E-state index in [2.05, 4.69) is 10.3 Å². The number of rotatable bonds is 10. The first-order valence-corrected chi connectivity index (χ1v) is 9.62. The fraction of sp³-hybridized carbons (Fsp3) is 0.353. The Morgan fingerprint density at radius 3 is 2.31 bits per heavy atom. The summed E-state index contributed by atoms with van der Waals surface area (Å²) in [6, 6.07) is 2.73. The molecule has 0 aliphatic rings. The molecule has 0 aliphatic heterocycles. The van der Waals surface area contributed by atoms with Crippen LogP contribution >= 0.6 is 11.3 Å². The standard InChI is InChI=1S/C17H19N5O6S/c1-2-3-4-6-20(11-15(23)19-17-18-5-7-29-17)16(24)12-8-13(21(25)26)10-14(9-12)22(27)28/h5,7-10H,2-4,6,11H2,1H3,(H,18,19,23). The van der Waals surface area contributed by atoms with E-state index >= 15 is 0 Å². The molecule has 2 rings (SSSR count). The van der Waals surface area contributed by atoms with E-state index in [0.717, 1.165) is 31.0 Å². The lowest BCUT2D eigenvalue weighted by molar-refractivity contribution is -0.394. The number of nitro benzene ring substituents is 2. The molecule has 0 bridgehead atoms. The molecule has 12 heteroatoms. The third-order valence-electron chi connectivity index (χ3n) is 3.90. The van der Waals surface area contributed by atoms with Crippen LogP contribution in [0.2, 0.25) is 0 Å². The summed E-state index contributed by atoms with van der Waals surface area (Å²) in [5, 5.41) is 26.8. The third kappa shape index (κ3) is 6.31. The van der Waals surface area contributed by atoms with E-state index in [9.17, 15) is 29.8 Å². The topological polar surface area (TPSA) is 149 Å². The van der Waals surface area contributed by atoms with Crippen molar-refractivity contribution in [1.82, 2.24) is 9.88 Å². The minimum Gasteiger partial charge on any atom is -0.329 e. The van der Waals surface area contributed by atoms with Crippen molar-refractivity contribution in [2.45, 2.75) is 26.2 Å². The second kappa shape index (κ2) is 10.2. The number of non-ortho nitro benzene ring substituents is 2. The summed E-state index contributed by atoms with van der Waals surface area (Å²) in [7, 11) is 0. The van der Waals surface area contributed by atoms with Gasteiger partial charge in [-0.05, 0) is 6.42 Å². The van der Waals surface area contributed by atoms with Gasteiger partial charge in [-0.2, -0.15) is 0 Å². The molecule has 0 saturated carbocycles. The minimum atomic E-state index is -0.805. The molecule has 2 amide bonds. The number of unbranched alkanes of at least 4 members (excludes halogenated alkanes) is 2. The van der Waals surface area contributed by atoms with Crippen LogP contribution in [-0.4, -0.2) is 44.6 Å². The highest BCUT2D eigenvalue weighted by Crippen LogP contribution is 2.24. The molecule has 0 saturated heterocycles. The molecule has 154 valence electrons. The zero-order chi connectivity index (χ0) is 21.4. The van der Waals surface area contributed by atoms with Crippen LogP contribution in [0.15, 0.2) is 29.8 Å². The number of carbonyl (C=O) groups is 2. The van der Waals surface area contributed by atoms with Crippen LogP contribution < -0.4 is 5.32 Å². The summed E-state index contributed by atoms with van der Waals surface area (Å²) >= 11 is 1.22. The summed E-state index contributed by atoms with van der Waals surface area (Å²) in [5.41, 5.74) is -1.35. The van der Waals surface area contributed by atoms with Crippen LogP contribution in [0.4, 0.5) is 16.5 Å². The van der Waals surface area contributed by atoms with Crippen molar-refractivity contribution in [2.24, 2.45) is 0 Å². The Balaban J connectivity index is 2.26. The molecule has 1 aromatic heterocycles. The highest BCUT2D eigenvalue weighted by atomic mass is 32.1. The molecule has 1 heterocycles. The van der Waals surface area contributed by atoms with Gasteiger partial charge in [0.15, 0.2) is 5.13 Å². The molecule has 0 fully saturated rings. The number of anilines is 1. The van der Waals surface area contributed by atoms with E-state index in [-0.39, 0.29) is 18.7 Å². The smallest absolute Gasteiger partial charge is 0.277 e. The number of nitro groups is 2. The van der Waals surface area contributed by atoms with Crippen LogP contribution in [0.1, 0.15) is 36.5 Å². The lowest BCUT2D eigenvalue weighted by Gasteiger charge is -2.22. The van der Waals surface area contributed by atoms with Crippen LogP contribution in [0, 0.1) is 20.2 Å². The Labute approximate surface area is 169 Å². The molecule has 11 nitrogen and oxygen atoms in total. The molecular weight excluding hydrogens is 402 g/mol. The predicted molar refractivity (Wildman–Crippen MR) is 106 cm³/mol. The van der Waals surface area contributed by atoms with Gasteiger partial charge < -0.3 is 10.2 Å². The fourth-order valence-electron chi connectivity index (χ4n) is 2.53. The summed E-state index contributed by atoms with van der Waals surface area (Å²) < 4.78 is 0. The van der Waals surface area contributed by atoms with Gasteiger partial charge in [0, 0.05) is 30.3 Å². The zero-order valence-corrected chi connectivity index (χ0v) is 16.4. The Hall–Kier alpha value is -3.41. The fourth-order valence-corrected chi connectivity index (χ4v) is 3.08. The van der Waals surface area contributed by atoms with Crippen molar-refractivity contribution in [2.75, 3.05) is 18.4 Å². The molecule has 0 aliphatic carbocycles. The second-order valence-electron chi connectivity index (χ2n) is 6.07. The number of thiazole rings is 1. The molecule has 0 radical (unpaired) electrons. The number of hydrogen-bond donors (Lipinski definition) is 1. The van der Waals surface area contributed by atoms with Gasteiger partial charge in [-0.25, -0.2) is 4.98 Å². The molecule has 0 atom stereocenters. The van der Waals surface area contributed by atoms with E-state index in [0.29, 0.717) is 11.6 Å². The molecular formula is C17H19N5O6S. The number of nitrogens with zero attached hydrogens (tertiary/aromatic N) is 4. The molecule has 1 N–H and O–H groups in total. The van der Waals surface area contributed by atoms with Gasteiger partial charge in [0.1, 0.15) is 6.54 Å². The SMILES string of the molecule is CCCCCN(CC(=O)Nc1nccs1)C(=O)c1cc([N+](=O)[O-])cc([N+](=O)[O-])c1. The van der Waals surface area contributed by atoms with E-state index in [1.54, 1.807) is 5.38 Å².